The minimum atomic E-state index is -0.161. The maximum atomic E-state index is 13.9. The van der Waals surface area contributed by atoms with Crippen molar-refractivity contribution >= 4 is 41.3 Å². The molecule has 0 radical (unpaired) electrons. The fourth-order valence-corrected chi connectivity index (χ4v) is 3.36. The van der Waals surface area contributed by atoms with E-state index >= 15 is 0 Å². The highest BCUT2D eigenvalue weighted by atomic mass is 127. The number of benzene rings is 1. The van der Waals surface area contributed by atoms with Crippen molar-refractivity contribution in [1.29, 1.82) is 0 Å². The first-order chi connectivity index (χ1) is 12.5. The summed E-state index contributed by atoms with van der Waals surface area (Å²) in [6.07, 6.45) is 1.00. The lowest BCUT2D eigenvalue weighted by Crippen LogP contribution is -2.39. The van der Waals surface area contributed by atoms with Gasteiger partial charge in [-0.3, -0.25) is 0 Å². The van der Waals surface area contributed by atoms with Crippen LogP contribution in [-0.4, -0.2) is 50.0 Å². The number of hydrogen-bond donors (Lipinski definition) is 1. The van der Waals surface area contributed by atoms with Crippen LogP contribution in [0.2, 0.25) is 0 Å². The minimum Gasteiger partial charge on any atom is -0.357 e. The Balaban J connectivity index is 0.00000364. The topological polar surface area (TPSA) is 30.9 Å². The third-order valence-electron chi connectivity index (χ3n) is 3.98. The van der Waals surface area contributed by atoms with Gasteiger partial charge < -0.3 is 15.1 Å². The van der Waals surface area contributed by atoms with Crippen molar-refractivity contribution in [2.24, 2.45) is 4.99 Å². The molecular formula is C20H30FIN4S. The Hall–Kier alpha value is -1.19. The monoisotopic (exact) mass is 504 g/mol. The van der Waals surface area contributed by atoms with Gasteiger partial charge in [-0.1, -0.05) is 12.1 Å². The molecule has 0 spiro atoms. The van der Waals surface area contributed by atoms with Gasteiger partial charge in [0.15, 0.2) is 5.96 Å². The molecule has 0 aliphatic carbocycles. The van der Waals surface area contributed by atoms with Gasteiger partial charge in [0, 0.05) is 37.1 Å². The Morgan fingerprint density at radius 3 is 2.63 bits per heavy atom. The number of nitrogens with zero attached hydrogens (tertiary/aromatic N) is 3. The standard InChI is InChI=1S/C20H29FN4S.HI/c1-5-22-20(25(4)11-10-18-7-6-12-26-18)23-14-16-8-9-19(21)17(13-16)15-24(2)3;/h6-9,12-13H,5,10-11,14-15H2,1-4H3,(H,22,23);1H. The summed E-state index contributed by atoms with van der Waals surface area (Å²) in [6, 6.07) is 9.50. The first-order valence-corrected chi connectivity index (χ1v) is 9.81. The molecule has 2 rings (SSSR count). The molecule has 1 N–H and O–H groups in total. The van der Waals surface area contributed by atoms with Crippen molar-refractivity contribution in [2.75, 3.05) is 34.2 Å². The number of likely N-dealkylation sites (N-methyl/N-ethyl adjacent to an activating group) is 1. The molecule has 0 amide bonds. The van der Waals surface area contributed by atoms with Crippen LogP contribution in [0.5, 0.6) is 0 Å². The van der Waals surface area contributed by atoms with E-state index < -0.39 is 0 Å². The maximum Gasteiger partial charge on any atom is 0.193 e. The fraction of sp³-hybridized carbons (Fsp3) is 0.450. The minimum absolute atomic E-state index is 0. The molecule has 0 aliphatic rings. The summed E-state index contributed by atoms with van der Waals surface area (Å²) in [4.78, 5) is 10.2. The zero-order chi connectivity index (χ0) is 18.9. The molecule has 1 aromatic carbocycles. The molecule has 0 aliphatic heterocycles. The van der Waals surface area contributed by atoms with E-state index in [9.17, 15) is 4.39 Å². The summed E-state index contributed by atoms with van der Waals surface area (Å²) in [6.45, 7) is 4.91. The van der Waals surface area contributed by atoms with Gasteiger partial charge in [0.2, 0.25) is 0 Å². The zero-order valence-corrected chi connectivity index (χ0v) is 19.7. The molecule has 0 unspecified atom stereocenters. The van der Waals surface area contributed by atoms with Gasteiger partial charge in [-0.2, -0.15) is 0 Å². The normalized spacial score (nSPS) is 11.4. The van der Waals surface area contributed by atoms with Crippen LogP contribution in [0.15, 0.2) is 40.7 Å². The van der Waals surface area contributed by atoms with Crippen molar-refractivity contribution in [3.8, 4) is 0 Å². The smallest absolute Gasteiger partial charge is 0.193 e. The van der Waals surface area contributed by atoms with E-state index in [1.807, 2.05) is 31.1 Å². The van der Waals surface area contributed by atoms with E-state index in [0.29, 0.717) is 18.7 Å². The summed E-state index contributed by atoms with van der Waals surface area (Å²) in [5.41, 5.74) is 1.73. The van der Waals surface area contributed by atoms with Crippen LogP contribution in [0, 0.1) is 5.82 Å². The van der Waals surface area contributed by atoms with E-state index in [-0.39, 0.29) is 29.8 Å². The molecule has 1 aromatic heterocycles. The van der Waals surface area contributed by atoms with Gasteiger partial charge in [-0.15, -0.1) is 35.3 Å². The van der Waals surface area contributed by atoms with Crippen molar-refractivity contribution in [3.63, 3.8) is 0 Å². The van der Waals surface area contributed by atoms with Crippen molar-refractivity contribution in [3.05, 3.63) is 57.5 Å². The lowest BCUT2D eigenvalue weighted by atomic mass is 10.1. The Bertz CT molecular complexity index is 704. The molecule has 0 atom stereocenters. The summed E-state index contributed by atoms with van der Waals surface area (Å²) >= 11 is 1.78. The number of nitrogens with one attached hydrogen (secondary N) is 1. The quantitative estimate of drug-likeness (QED) is 0.332. The summed E-state index contributed by atoms with van der Waals surface area (Å²) in [5.74, 6) is 0.717. The number of hydrogen-bond acceptors (Lipinski definition) is 3. The molecule has 150 valence electrons. The van der Waals surface area contributed by atoms with Gasteiger partial charge in [0.1, 0.15) is 5.82 Å². The summed E-state index contributed by atoms with van der Waals surface area (Å²) < 4.78 is 13.9. The first kappa shape index (κ1) is 23.8. The van der Waals surface area contributed by atoms with E-state index in [4.69, 9.17) is 4.99 Å². The zero-order valence-electron chi connectivity index (χ0n) is 16.5. The molecule has 0 saturated heterocycles. The van der Waals surface area contributed by atoms with Crippen LogP contribution in [0.3, 0.4) is 0 Å². The first-order valence-electron chi connectivity index (χ1n) is 8.93. The Labute approximate surface area is 183 Å². The number of thiophene rings is 1. The fourth-order valence-electron chi connectivity index (χ4n) is 2.66. The average Bonchev–Trinajstić information content (AvgIpc) is 3.12. The van der Waals surface area contributed by atoms with Gasteiger partial charge in [-0.05, 0) is 56.6 Å². The molecule has 27 heavy (non-hydrogen) atoms. The second-order valence-corrected chi connectivity index (χ2v) is 7.62. The van der Waals surface area contributed by atoms with Gasteiger partial charge in [0.05, 0.1) is 6.54 Å². The lowest BCUT2D eigenvalue weighted by molar-refractivity contribution is 0.392. The SMILES string of the molecule is CCNC(=NCc1ccc(F)c(CN(C)C)c1)N(C)CCc1cccs1.I. The van der Waals surface area contributed by atoms with Crippen LogP contribution in [-0.2, 0) is 19.5 Å². The van der Waals surface area contributed by atoms with Crippen molar-refractivity contribution < 1.29 is 4.39 Å². The lowest BCUT2D eigenvalue weighted by Gasteiger charge is -2.22. The van der Waals surface area contributed by atoms with Crippen molar-refractivity contribution in [1.82, 2.24) is 15.1 Å². The largest absolute Gasteiger partial charge is 0.357 e. The van der Waals surface area contributed by atoms with Gasteiger partial charge >= 0.3 is 0 Å². The van der Waals surface area contributed by atoms with E-state index in [0.717, 1.165) is 31.0 Å². The molecule has 0 bridgehead atoms. The molecule has 2 aromatic rings. The third kappa shape index (κ3) is 8.15. The molecule has 0 saturated carbocycles. The Kier molecular flexibility index (Phi) is 10.9. The summed E-state index contributed by atoms with van der Waals surface area (Å²) in [5, 5.41) is 5.44. The average molecular weight is 504 g/mol. The molecular weight excluding hydrogens is 474 g/mol. The highest BCUT2D eigenvalue weighted by Gasteiger charge is 2.08. The number of rotatable bonds is 8. The Morgan fingerprint density at radius 2 is 2.00 bits per heavy atom. The van der Waals surface area contributed by atoms with E-state index in [1.165, 1.54) is 10.9 Å². The van der Waals surface area contributed by atoms with Crippen LogP contribution in [0.1, 0.15) is 22.9 Å². The third-order valence-corrected chi connectivity index (χ3v) is 4.91. The van der Waals surface area contributed by atoms with Crippen LogP contribution < -0.4 is 5.32 Å². The summed E-state index contributed by atoms with van der Waals surface area (Å²) in [7, 11) is 5.93. The highest BCUT2D eigenvalue weighted by molar-refractivity contribution is 14.0. The van der Waals surface area contributed by atoms with E-state index in [2.05, 4.69) is 41.7 Å². The van der Waals surface area contributed by atoms with Gasteiger partial charge in [-0.25, -0.2) is 9.38 Å². The molecule has 1 heterocycles. The van der Waals surface area contributed by atoms with Crippen LogP contribution >= 0.6 is 35.3 Å². The number of guanidine groups is 1. The van der Waals surface area contributed by atoms with Crippen LogP contribution in [0.25, 0.3) is 0 Å². The number of halogens is 2. The molecule has 7 heteroatoms. The molecule has 0 fully saturated rings. The highest BCUT2D eigenvalue weighted by Crippen LogP contribution is 2.13. The second-order valence-electron chi connectivity index (χ2n) is 6.58. The predicted molar refractivity (Wildman–Crippen MR) is 125 cm³/mol. The maximum absolute atomic E-state index is 13.9. The second kappa shape index (κ2) is 12.3. The molecule has 4 nitrogen and oxygen atoms in total. The van der Waals surface area contributed by atoms with Crippen LogP contribution in [0.4, 0.5) is 4.39 Å². The number of aliphatic imine (C=N–C) groups is 1. The van der Waals surface area contributed by atoms with E-state index in [1.54, 1.807) is 11.3 Å². The van der Waals surface area contributed by atoms with Crippen molar-refractivity contribution in [2.45, 2.75) is 26.4 Å². The Morgan fingerprint density at radius 1 is 1.22 bits per heavy atom. The van der Waals surface area contributed by atoms with Gasteiger partial charge in [0.25, 0.3) is 0 Å². The predicted octanol–water partition coefficient (Wildman–Crippen LogP) is 4.21.